The monoisotopic (exact) mass is 412 g/mol. The summed E-state index contributed by atoms with van der Waals surface area (Å²) in [5, 5.41) is 3.49. The van der Waals surface area contributed by atoms with Crippen molar-refractivity contribution in [2.75, 3.05) is 10.2 Å². The van der Waals surface area contributed by atoms with Gasteiger partial charge in [0.1, 0.15) is 0 Å². The van der Waals surface area contributed by atoms with E-state index in [0.29, 0.717) is 0 Å². The van der Waals surface area contributed by atoms with Crippen molar-refractivity contribution in [3.05, 3.63) is 140 Å². The van der Waals surface area contributed by atoms with Crippen LogP contribution < -0.4 is 10.2 Å². The fourth-order valence-corrected chi connectivity index (χ4v) is 3.89. The van der Waals surface area contributed by atoms with Crippen LogP contribution in [0.5, 0.6) is 0 Å². The number of nitrogens with one attached hydrogen (secondary N) is 1. The van der Waals surface area contributed by atoms with Gasteiger partial charge < -0.3 is 10.2 Å². The minimum Gasteiger partial charge on any atom is -0.356 e. The second kappa shape index (κ2) is 9.23. The molecule has 0 heterocycles. The molecule has 0 atom stereocenters. The number of hydrogen-bond acceptors (Lipinski definition) is 2. The van der Waals surface area contributed by atoms with Crippen molar-refractivity contribution in [3.63, 3.8) is 0 Å². The summed E-state index contributed by atoms with van der Waals surface area (Å²) >= 11 is 0. The molecule has 154 valence electrons. The van der Waals surface area contributed by atoms with Gasteiger partial charge in [-0.1, -0.05) is 78.9 Å². The third-order valence-electron chi connectivity index (χ3n) is 5.39. The lowest BCUT2D eigenvalue weighted by Crippen LogP contribution is -2.09. The van der Waals surface area contributed by atoms with Crippen LogP contribution in [0.1, 0.15) is 0 Å². The van der Waals surface area contributed by atoms with Crippen molar-refractivity contribution in [1.82, 2.24) is 0 Å². The standard InChI is InChI=1S/C30H24N2/c1-4-14-26(15-5-1)31-27-16-10-12-24(22-27)25-13-11-21-30(23-25)32(28-17-6-2-7-18-28)29-19-8-3-9-20-29/h1-23,31H. The van der Waals surface area contributed by atoms with E-state index >= 15 is 0 Å². The van der Waals surface area contributed by atoms with E-state index in [4.69, 9.17) is 0 Å². The Kier molecular flexibility index (Phi) is 5.67. The Morgan fingerprint density at radius 2 is 0.844 bits per heavy atom. The van der Waals surface area contributed by atoms with E-state index in [0.717, 1.165) is 28.4 Å². The lowest BCUT2D eigenvalue weighted by atomic mass is 10.0. The first-order chi connectivity index (χ1) is 15.9. The lowest BCUT2D eigenvalue weighted by molar-refractivity contribution is 1.28. The Labute approximate surface area is 189 Å². The molecule has 5 aromatic rings. The third kappa shape index (κ3) is 4.40. The second-order valence-electron chi connectivity index (χ2n) is 7.63. The van der Waals surface area contributed by atoms with Gasteiger partial charge in [-0.25, -0.2) is 0 Å². The molecule has 2 nitrogen and oxygen atoms in total. The number of hydrogen-bond donors (Lipinski definition) is 1. The first-order valence-electron chi connectivity index (χ1n) is 10.8. The maximum Gasteiger partial charge on any atom is 0.0467 e. The summed E-state index contributed by atoms with van der Waals surface area (Å²) < 4.78 is 0. The minimum atomic E-state index is 1.07. The first kappa shape index (κ1) is 19.7. The van der Waals surface area contributed by atoms with E-state index in [-0.39, 0.29) is 0 Å². The summed E-state index contributed by atoms with van der Waals surface area (Å²) in [6, 6.07) is 48.5. The zero-order valence-electron chi connectivity index (χ0n) is 17.7. The minimum absolute atomic E-state index is 1.07. The summed E-state index contributed by atoms with van der Waals surface area (Å²) in [5.74, 6) is 0. The van der Waals surface area contributed by atoms with Gasteiger partial charge in [0.15, 0.2) is 0 Å². The molecule has 5 aromatic carbocycles. The SMILES string of the molecule is c1ccc(Nc2cccc(-c3cccc(N(c4ccccc4)c4ccccc4)c3)c2)cc1. The van der Waals surface area contributed by atoms with Crippen LogP contribution in [0.2, 0.25) is 0 Å². The van der Waals surface area contributed by atoms with Gasteiger partial charge in [-0.2, -0.15) is 0 Å². The molecule has 0 saturated carbocycles. The van der Waals surface area contributed by atoms with E-state index in [9.17, 15) is 0 Å². The maximum absolute atomic E-state index is 3.49. The van der Waals surface area contributed by atoms with Crippen molar-refractivity contribution >= 4 is 28.4 Å². The molecular formula is C30H24N2. The predicted molar refractivity (Wildman–Crippen MR) is 136 cm³/mol. The van der Waals surface area contributed by atoms with Crippen molar-refractivity contribution in [2.45, 2.75) is 0 Å². The molecule has 0 spiro atoms. The van der Waals surface area contributed by atoms with Gasteiger partial charge in [-0.05, 0) is 71.8 Å². The van der Waals surface area contributed by atoms with Gasteiger partial charge in [0, 0.05) is 28.4 Å². The molecular weight excluding hydrogens is 388 g/mol. The van der Waals surface area contributed by atoms with Gasteiger partial charge in [-0.15, -0.1) is 0 Å². The Hall–Kier alpha value is -4.30. The smallest absolute Gasteiger partial charge is 0.0467 e. The van der Waals surface area contributed by atoms with Crippen LogP contribution in [0.15, 0.2) is 140 Å². The van der Waals surface area contributed by atoms with Gasteiger partial charge in [0.05, 0.1) is 0 Å². The average Bonchev–Trinajstić information content (AvgIpc) is 2.87. The number of para-hydroxylation sites is 3. The van der Waals surface area contributed by atoms with Crippen LogP contribution >= 0.6 is 0 Å². The summed E-state index contributed by atoms with van der Waals surface area (Å²) in [5.41, 5.74) is 7.90. The van der Waals surface area contributed by atoms with Gasteiger partial charge in [0.2, 0.25) is 0 Å². The van der Waals surface area contributed by atoms with Crippen molar-refractivity contribution < 1.29 is 0 Å². The molecule has 0 unspecified atom stereocenters. The maximum atomic E-state index is 3.49. The van der Waals surface area contributed by atoms with Gasteiger partial charge in [-0.3, -0.25) is 0 Å². The van der Waals surface area contributed by atoms with E-state index in [2.05, 4.69) is 119 Å². The van der Waals surface area contributed by atoms with Crippen LogP contribution in [-0.2, 0) is 0 Å². The van der Waals surface area contributed by atoms with Crippen LogP contribution in [0.25, 0.3) is 11.1 Å². The average molecular weight is 413 g/mol. The summed E-state index contributed by atoms with van der Waals surface area (Å²) in [6.07, 6.45) is 0. The number of benzene rings is 5. The highest BCUT2D eigenvalue weighted by Gasteiger charge is 2.12. The van der Waals surface area contributed by atoms with Crippen LogP contribution in [0.3, 0.4) is 0 Å². The van der Waals surface area contributed by atoms with Crippen molar-refractivity contribution in [1.29, 1.82) is 0 Å². The molecule has 0 aliphatic carbocycles. The number of anilines is 5. The van der Waals surface area contributed by atoms with Gasteiger partial charge >= 0.3 is 0 Å². The van der Waals surface area contributed by atoms with Crippen molar-refractivity contribution in [2.24, 2.45) is 0 Å². The summed E-state index contributed by atoms with van der Waals surface area (Å²) in [4.78, 5) is 2.29. The molecule has 1 N–H and O–H groups in total. The predicted octanol–water partition coefficient (Wildman–Crippen LogP) is 8.57. The second-order valence-corrected chi connectivity index (χ2v) is 7.63. The normalized spacial score (nSPS) is 10.5. The van der Waals surface area contributed by atoms with Crippen LogP contribution in [0.4, 0.5) is 28.4 Å². The third-order valence-corrected chi connectivity index (χ3v) is 5.39. The molecule has 0 saturated heterocycles. The zero-order chi connectivity index (χ0) is 21.6. The molecule has 0 fully saturated rings. The number of nitrogens with zero attached hydrogens (tertiary/aromatic N) is 1. The quantitative estimate of drug-likeness (QED) is 0.300. The summed E-state index contributed by atoms with van der Waals surface area (Å²) in [7, 11) is 0. The zero-order valence-corrected chi connectivity index (χ0v) is 17.7. The molecule has 0 bridgehead atoms. The fraction of sp³-hybridized carbons (Fsp3) is 0. The molecule has 5 rings (SSSR count). The Morgan fingerprint density at radius 3 is 1.47 bits per heavy atom. The Balaban J connectivity index is 1.52. The highest BCUT2D eigenvalue weighted by atomic mass is 15.1. The summed E-state index contributed by atoms with van der Waals surface area (Å²) in [6.45, 7) is 0. The van der Waals surface area contributed by atoms with Crippen LogP contribution in [-0.4, -0.2) is 0 Å². The fourth-order valence-electron chi connectivity index (χ4n) is 3.89. The Bertz CT molecular complexity index is 1240. The number of rotatable bonds is 6. The first-order valence-corrected chi connectivity index (χ1v) is 10.8. The van der Waals surface area contributed by atoms with Gasteiger partial charge in [0.25, 0.3) is 0 Å². The van der Waals surface area contributed by atoms with E-state index in [1.165, 1.54) is 11.1 Å². The van der Waals surface area contributed by atoms with Crippen LogP contribution in [0, 0.1) is 0 Å². The molecule has 32 heavy (non-hydrogen) atoms. The Morgan fingerprint density at radius 1 is 0.375 bits per heavy atom. The molecule has 2 heteroatoms. The highest BCUT2D eigenvalue weighted by molar-refractivity contribution is 5.80. The van der Waals surface area contributed by atoms with E-state index in [1.54, 1.807) is 0 Å². The largest absolute Gasteiger partial charge is 0.356 e. The van der Waals surface area contributed by atoms with Crippen molar-refractivity contribution in [3.8, 4) is 11.1 Å². The molecule has 0 amide bonds. The topological polar surface area (TPSA) is 15.3 Å². The molecule has 0 aliphatic rings. The molecule has 0 radical (unpaired) electrons. The highest BCUT2D eigenvalue weighted by Crippen LogP contribution is 2.36. The molecule has 0 aliphatic heterocycles. The molecule has 0 aromatic heterocycles. The lowest BCUT2D eigenvalue weighted by Gasteiger charge is -2.26. The van der Waals surface area contributed by atoms with E-state index in [1.807, 2.05) is 30.3 Å². The van der Waals surface area contributed by atoms with E-state index < -0.39 is 0 Å².